The summed E-state index contributed by atoms with van der Waals surface area (Å²) in [6.45, 7) is 15.0. The van der Waals surface area contributed by atoms with Crippen LogP contribution in [0.25, 0.3) is 22.3 Å². The van der Waals surface area contributed by atoms with Gasteiger partial charge in [0.2, 0.25) is 5.91 Å². The first-order valence-corrected chi connectivity index (χ1v) is 20.4. The van der Waals surface area contributed by atoms with E-state index >= 15 is 0 Å². The number of likely N-dealkylation sites (tertiary alicyclic amines) is 2. The van der Waals surface area contributed by atoms with Crippen molar-refractivity contribution in [2.24, 2.45) is 0 Å². The lowest BCUT2D eigenvalue weighted by molar-refractivity contribution is -0.126. The highest BCUT2D eigenvalue weighted by Crippen LogP contribution is 2.52. The summed E-state index contributed by atoms with van der Waals surface area (Å²) in [6.07, 6.45) is 8.35. The third-order valence-corrected chi connectivity index (χ3v) is 12.4. The molecule has 0 radical (unpaired) electrons. The Kier molecular flexibility index (Phi) is 9.83. The number of nitrogens with zero attached hydrogens (tertiary/aromatic N) is 6. The van der Waals surface area contributed by atoms with E-state index in [1.807, 2.05) is 58.3 Å². The molecule has 3 fully saturated rings. The van der Waals surface area contributed by atoms with Crippen LogP contribution in [0.4, 0.5) is 22.0 Å². The minimum atomic E-state index is -0.698. The maximum Gasteiger partial charge on any atom is 0.410 e. The summed E-state index contributed by atoms with van der Waals surface area (Å²) in [5, 5.41) is 6.28. The maximum absolute atomic E-state index is 14.9. The van der Waals surface area contributed by atoms with E-state index in [9.17, 15) is 14.4 Å². The summed E-state index contributed by atoms with van der Waals surface area (Å²) in [7, 11) is 1.63. The molecule has 3 amide bonds. The average Bonchev–Trinajstić information content (AvgIpc) is 3.69. The van der Waals surface area contributed by atoms with Gasteiger partial charge in [0.25, 0.3) is 5.91 Å². The smallest absolute Gasteiger partial charge is 0.410 e. The lowest BCUT2D eigenvalue weighted by atomic mass is 9.73. The Labute approximate surface area is 330 Å². The summed E-state index contributed by atoms with van der Waals surface area (Å²) in [6, 6.07) is 14.9. The van der Waals surface area contributed by atoms with Crippen molar-refractivity contribution >= 4 is 46.1 Å². The third kappa shape index (κ3) is 6.79. The van der Waals surface area contributed by atoms with E-state index in [-0.39, 0.29) is 30.0 Å². The number of hydrogen-bond acceptors (Lipinski definition) is 8. The number of aromatic nitrogens is 3. The molecule has 8 rings (SSSR count). The van der Waals surface area contributed by atoms with Gasteiger partial charge >= 0.3 is 6.09 Å². The third-order valence-electron chi connectivity index (χ3n) is 12.4. The molecule has 1 aliphatic carbocycles. The molecule has 1 spiro atoms. The van der Waals surface area contributed by atoms with Gasteiger partial charge in [-0.05, 0) is 129 Å². The first-order chi connectivity index (χ1) is 26.8. The number of rotatable bonds is 7. The van der Waals surface area contributed by atoms with Crippen molar-refractivity contribution in [3.05, 3.63) is 65.5 Å². The van der Waals surface area contributed by atoms with Crippen molar-refractivity contribution in [1.29, 1.82) is 0 Å². The van der Waals surface area contributed by atoms with Gasteiger partial charge in [-0.3, -0.25) is 9.59 Å². The van der Waals surface area contributed by atoms with Crippen LogP contribution < -0.4 is 15.5 Å². The topological polar surface area (TPSA) is 125 Å². The fourth-order valence-electron chi connectivity index (χ4n) is 9.25. The van der Waals surface area contributed by atoms with Gasteiger partial charge < -0.3 is 34.6 Å². The minimum Gasteiger partial charge on any atom is -0.444 e. The molecule has 2 saturated heterocycles. The zero-order valence-corrected chi connectivity index (χ0v) is 33.9. The summed E-state index contributed by atoms with van der Waals surface area (Å²) < 4.78 is 7.82. The van der Waals surface area contributed by atoms with Crippen LogP contribution in [-0.4, -0.2) is 93.2 Å². The van der Waals surface area contributed by atoms with Crippen LogP contribution in [0.3, 0.4) is 0 Å². The van der Waals surface area contributed by atoms with Gasteiger partial charge in [0.15, 0.2) is 5.82 Å². The van der Waals surface area contributed by atoms with E-state index in [0.29, 0.717) is 43.4 Å². The molecule has 0 unspecified atom stereocenters. The normalized spacial score (nSPS) is 21.0. The SMILES string of the molecule is CNC(=O)c1cc(Nc2nc(-c3ccc4c(c3)N([C@H]3C[C@@H](N5CCCCC5)C3)C(=O)C43CCN(C(=O)OC(C)(C)C)CC3)cc3ncn(C(C)C)c23)ccc1C. The number of amides is 3. The van der Waals surface area contributed by atoms with Crippen LogP contribution in [0.1, 0.15) is 107 Å². The summed E-state index contributed by atoms with van der Waals surface area (Å²) >= 11 is 0. The molecule has 56 heavy (non-hydrogen) atoms. The lowest BCUT2D eigenvalue weighted by Crippen LogP contribution is -2.58. The molecule has 12 nitrogen and oxygen atoms in total. The Hall–Kier alpha value is -4.97. The van der Waals surface area contributed by atoms with Gasteiger partial charge in [-0.2, -0.15) is 0 Å². The molecule has 3 aliphatic heterocycles. The van der Waals surface area contributed by atoms with E-state index in [1.54, 1.807) is 11.9 Å². The second kappa shape index (κ2) is 14.5. The molecule has 0 atom stereocenters. The number of anilines is 3. The van der Waals surface area contributed by atoms with Crippen molar-refractivity contribution < 1.29 is 19.1 Å². The number of imidazole rings is 1. The van der Waals surface area contributed by atoms with E-state index in [2.05, 4.69) is 57.0 Å². The zero-order chi connectivity index (χ0) is 39.5. The zero-order valence-electron chi connectivity index (χ0n) is 33.9. The Morgan fingerprint density at radius 3 is 2.36 bits per heavy atom. The van der Waals surface area contributed by atoms with Crippen molar-refractivity contribution in [3.8, 4) is 11.3 Å². The van der Waals surface area contributed by atoms with Gasteiger partial charge in [-0.25, -0.2) is 14.8 Å². The summed E-state index contributed by atoms with van der Waals surface area (Å²) in [5.74, 6) is 0.644. The lowest BCUT2D eigenvalue weighted by Gasteiger charge is -2.48. The number of hydrogen-bond donors (Lipinski definition) is 2. The van der Waals surface area contributed by atoms with Crippen LogP contribution >= 0.6 is 0 Å². The minimum absolute atomic E-state index is 0.122. The highest BCUT2D eigenvalue weighted by Gasteiger charge is 2.56. The number of nitrogens with one attached hydrogen (secondary N) is 2. The number of ether oxygens (including phenoxy) is 1. The summed E-state index contributed by atoms with van der Waals surface area (Å²) in [5.41, 5.74) is 6.25. The quantitative estimate of drug-likeness (QED) is 0.196. The second-order valence-corrected chi connectivity index (χ2v) is 17.5. The van der Waals surface area contributed by atoms with Crippen molar-refractivity contribution in [3.63, 3.8) is 0 Å². The average molecular weight is 761 g/mol. The van der Waals surface area contributed by atoms with Crippen molar-refractivity contribution in [1.82, 2.24) is 29.7 Å². The van der Waals surface area contributed by atoms with Crippen LogP contribution in [0.5, 0.6) is 0 Å². The Balaban J connectivity index is 1.17. The Morgan fingerprint density at radius 1 is 0.946 bits per heavy atom. The first kappa shape index (κ1) is 37.9. The highest BCUT2D eigenvalue weighted by atomic mass is 16.6. The molecule has 4 aromatic rings. The first-order valence-electron chi connectivity index (χ1n) is 20.4. The molecular weight excluding hydrogens is 705 g/mol. The number of benzene rings is 2. The number of piperidine rings is 2. The molecule has 2 aromatic carbocycles. The van der Waals surface area contributed by atoms with Crippen LogP contribution in [0.2, 0.25) is 0 Å². The predicted octanol–water partition coefficient (Wildman–Crippen LogP) is 7.72. The van der Waals surface area contributed by atoms with E-state index in [0.717, 1.165) is 70.7 Å². The molecule has 1 saturated carbocycles. The molecule has 4 aliphatic rings. The van der Waals surface area contributed by atoms with E-state index < -0.39 is 11.0 Å². The Morgan fingerprint density at radius 2 is 1.68 bits per heavy atom. The van der Waals surface area contributed by atoms with Crippen LogP contribution in [0.15, 0.2) is 48.8 Å². The molecule has 12 heteroatoms. The maximum atomic E-state index is 14.9. The van der Waals surface area contributed by atoms with Crippen LogP contribution in [0, 0.1) is 6.92 Å². The van der Waals surface area contributed by atoms with Gasteiger partial charge in [-0.15, -0.1) is 0 Å². The fourth-order valence-corrected chi connectivity index (χ4v) is 9.25. The standard InChI is InChI=1S/C44H56N8O4/c1-27(2)51-26-46-36-25-35(48-39(38(36)51)47-30-13-11-28(3)33(22-30)40(53)45-7)29-12-14-34-37(21-29)52(32-23-31(24-32)49-17-9-8-10-18-49)41(54)44(34)15-19-50(20-16-44)42(55)56-43(4,5)6/h11-14,21-22,25-27,31-32H,8-10,15-20,23-24H2,1-7H3,(H,45,53)(H,47,48)/t31-,32+. The molecular formula is C44H56N8O4. The largest absolute Gasteiger partial charge is 0.444 e. The van der Waals surface area contributed by atoms with Gasteiger partial charge in [0.1, 0.15) is 11.1 Å². The summed E-state index contributed by atoms with van der Waals surface area (Å²) in [4.78, 5) is 57.3. The molecule has 2 aromatic heterocycles. The number of fused-ring (bicyclic) bond motifs is 3. The van der Waals surface area contributed by atoms with Crippen molar-refractivity contribution in [2.75, 3.05) is 43.4 Å². The molecule has 2 N–H and O–H groups in total. The van der Waals surface area contributed by atoms with E-state index in [1.165, 1.54) is 19.3 Å². The number of carbonyl (C=O) groups excluding carboxylic acids is 3. The number of pyridine rings is 1. The molecule has 0 bridgehead atoms. The fraction of sp³-hybridized carbons (Fsp3) is 0.523. The van der Waals surface area contributed by atoms with Gasteiger partial charge in [0.05, 0.1) is 23.0 Å². The van der Waals surface area contributed by atoms with Gasteiger partial charge in [-0.1, -0.05) is 24.6 Å². The number of carbonyl (C=O) groups is 3. The molecule has 5 heterocycles. The number of aryl methyl sites for hydroxylation is 1. The van der Waals surface area contributed by atoms with E-state index in [4.69, 9.17) is 14.7 Å². The van der Waals surface area contributed by atoms with Crippen molar-refractivity contribution in [2.45, 2.75) is 116 Å². The highest BCUT2D eigenvalue weighted by molar-refractivity contribution is 6.09. The van der Waals surface area contributed by atoms with Crippen LogP contribution in [-0.2, 0) is 14.9 Å². The monoisotopic (exact) mass is 760 g/mol. The Bertz CT molecular complexity index is 2170. The molecule has 296 valence electrons. The second-order valence-electron chi connectivity index (χ2n) is 17.5. The predicted molar refractivity (Wildman–Crippen MR) is 220 cm³/mol. The van der Waals surface area contributed by atoms with Gasteiger partial charge in [0, 0.05) is 60.8 Å².